The number of phenolic OH excluding ortho intramolecular Hbond substituents is 1. The van der Waals surface area contributed by atoms with Crippen LogP contribution in [0.2, 0.25) is 0 Å². The van der Waals surface area contributed by atoms with Gasteiger partial charge in [-0.3, -0.25) is 9.55 Å². The standard InChI is InChI=1S/C55H54N3O.Pt/c1-35-22-24-36(25-23-35)38-28-29-56-47(33-38)40-30-39(31-42(32-40)54(5,6)7)43-18-15-21-49-50(43)57-52(44-19-14-20-46(51(44)59)55(8,9)10)58(49)48-27-26-41(53(2,3)4)34-45(48)37-16-12-11-13-17-37;/h11-29,31-34,59H,1-10H3;/q-1;. The minimum Gasteiger partial charge on any atom is -0.507 e. The van der Waals surface area contributed by atoms with Crippen molar-refractivity contribution in [2.24, 2.45) is 0 Å². The van der Waals surface area contributed by atoms with Gasteiger partial charge in [0.25, 0.3) is 0 Å². The molecular weight excluding hydrogens is 914 g/mol. The van der Waals surface area contributed by atoms with Crippen LogP contribution >= 0.6 is 0 Å². The second kappa shape index (κ2) is 16.1. The molecule has 0 unspecified atom stereocenters. The van der Waals surface area contributed by atoms with Crippen molar-refractivity contribution in [3.63, 3.8) is 0 Å². The number of benzene rings is 6. The van der Waals surface area contributed by atoms with Crippen LogP contribution in [0.4, 0.5) is 0 Å². The number of aromatic nitrogens is 3. The van der Waals surface area contributed by atoms with Crippen LogP contribution in [-0.2, 0) is 37.3 Å². The van der Waals surface area contributed by atoms with Crippen LogP contribution in [0.1, 0.15) is 84.6 Å². The predicted molar refractivity (Wildman–Crippen MR) is 247 cm³/mol. The first kappa shape index (κ1) is 42.5. The molecule has 0 saturated heterocycles. The molecule has 4 nitrogen and oxygen atoms in total. The molecule has 0 fully saturated rings. The van der Waals surface area contributed by atoms with Crippen molar-refractivity contribution in [3.8, 4) is 67.5 Å². The average molecular weight is 968 g/mol. The second-order valence-corrected chi connectivity index (χ2v) is 19.0. The topological polar surface area (TPSA) is 50.9 Å². The van der Waals surface area contributed by atoms with Gasteiger partial charge in [0.1, 0.15) is 11.6 Å². The Kier molecular flexibility index (Phi) is 11.4. The van der Waals surface area contributed by atoms with Gasteiger partial charge in [-0.1, -0.05) is 170 Å². The molecule has 8 rings (SSSR count). The molecule has 0 radical (unpaired) electrons. The Balaban J connectivity index is 0.00000544. The molecular formula is C55H54N3OPt-. The molecule has 1 N–H and O–H groups in total. The Bertz CT molecular complexity index is 2830. The largest absolute Gasteiger partial charge is 0.507 e. The third-order valence-corrected chi connectivity index (χ3v) is 11.4. The predicted octanol–water partition coefficient (Wildman–Crippen LogP) is 14.5. The summed E-state index contributed by atoms with van der Waals surface area (Å²) in [6, 6.07) is 51.0. The summed E-state index contributed by atoms with van der Waals surface area (Å²) in [5.74, 6) is 0.921. The zero-order chi connectivity index (χ0) is 41.9. The molecule has 0 aliphatic rings. The number of hydrogen-bond donors (Lipinski definition) is 1. The van der Waals surface area contributed by atoms with Crippen molar-refractivity contribution in [2.45, 2.75) is 85.5 Å². The van der Waals surface area contributed by atoms with Crippen LogP contribution < -0.4 is 0 Å². The van der Waals surface area contributed by atoms with E-state index in [9.17, 15) is 5.11 Å². The fourth-order valence-corrected chi connectivity index (χ4v) is 7.91. The van der Waals surface area contributed by atoms with Crippen molar-refractivity contribution in [2.75, 3.05) is 0 Å². The summed E-state index contributed by atoms with van der Waals surface area (Å²) in [6.45, 7) is 22.0. The molecule has 8 aromatic rings. The summed E-state index contributed by atoms with van der Waals surface area (Å²) in [6.07, 6.45) is 1.89. The van der Waals surface area contributed by atoms with Gasteiger partial charge in [0, 0.05) is 38.5 Å². The minimum absolute atomic E-state index is 0. The number of phenols is 1. The number of para-hydroxylation sites is 2. The van der Waals surface area contributed by atoms with Gasteiger partial charge in [-0.25, -0.2) is 4.98 Å². The molecule has 0 amide bonds. The van der Waals surface area contributed by atoms with Gasteiger partial charge < -0.3 is 5.11 Å². The van der Waals surface area contributed by atoms with Gasteiger partial charge in [-0.15, -0.1) is 29.3 Å². The summed E-state index contributed by atoms with van der Waals surface area (Å²) in [4.78, 5) is 10.4. The van der Waals surface area contributed by atoms with E-state index in [4.69, 9.17) is 9.97 Å². The Morgan fingerprint density at radius 3 is 1.90 bits per heavy atom. The summed E-state index contributed by atoms with van der Waals surface area (Å²) < 4.78 is 2.25. The van der Waals surface area contributed by atoms with E-state index in [0.29, 0.717) is 11.4 Å². The van der Waals surface area contributed by atoms with Crippen molar-refractivity contribution in [1.82, 2.24) is 14.5 Å². The molecule has 6 aromatic carbocycles. The second-order valence-electron chi connectivity index (χ2n) is 19.0. The van der Waals surface area contributed by atoms with E-state index >= 15 is 0 Å². The maximum atomic E-state index is 12.1. The van der Waals surface area contributed by atoms with E-state index in [1.54, 1.807) is 0 Å². The fraction of sp³-hybridized carbons (Fsp3) is 0.236. The summed E-state index contributed by atoms with van der Waals surface area (Å²) in [5, 5.41) is 12.1. The third-order valence-electron chi connectivity index (χ3n) is 11.4. The van der Waals surface area contributed by atoms with Gasteiger partial charge in [-0.05, 0) is 81.3 Å². The normalized spacial score (nSPS) is 12.1. The zero-order valence-corrected chi connectivity index (χ0v) is 38.7. The van der Waals surface area contributed by atoms with Crippen molar-refractivity contribution in [3.05, 3.63) is 168 Å². The zero-order valence-electron chi connectivity index (χ0n) is 36.4. The Hall–Kier alpha value is -5.57. The number of aromatic hydroxyl groups is 1. The summed E-state index contributed by atoms with van der Waals surface area (Å²) in [7, 11) is 0. The number of nitrogens with zero attached hydrogens (tertiary/aromatic N) is 3. The van der Waals surface area contributed by atoms with Crippen molar-refractivity contribution in [1.29, 1.82) is 0 Å². The van der Waals surface area contributed by atoms with Gasteiger partial charge in [0.15, 0.2) is 0 Å². The molecule has 60 heavy (non-hydrogen) atoms. The van der Waals surface area contributed by atoms with Crippen LogP contribution in [0, 0.1) is 13.0 Å². The van der Waals surface area contributed by atoms with E-state index in [-0.39, 0.29) is 43.1 Å². The first-order valence-corrected chi connectivity index (χ1v) is 20.6. The smallest absolute Gasteiger partial charge is 0.148 e. The van der Waals surface area contributed by atoms with Crippen LogP contribution in [0.5, 0.6) is 5.75 Å². The van der Waals surface area contributed by atoms with Crippen LogP contribution in [0.25, 0.3) is 72.7 Å². The molecule has 0 aliphatic carbocycles. The van der Waals surface area contributed by atoms with Crippen molar-refractivity contribution < 1.29 is 26.2 Å². The molecule has 0 aliphatic heterocycles. The van der Waals surface area contributed by atoms with Crippen LogP contribution in [0.3, 0.4) is 0 Å². The quantitative estimate of drug-likeness (QED) is 0.169. The van der Waals surface area contributed by atoms with E-state index in [1.807, 2.05) is 24.4 Å². The van der Waals surface area contributed by atoms with Crippen LogP contribution in [0.15, 0.2) is 140 Å². The first-order chi connectivity index (χ1) is 28.0. The Morgan fingerprint density at radius 2 is 1.22 bits per heavy atom. The van der Waals surface area contributed by atoms with Gasteiger partial charge in [0.05, 0.1) is 22.3 Å². The third kappa shape index (κ3) is 8.28. The first-order valence-electron chi connectivity index (χ1n) is 20.6. The molecule has 2 heterocycles. The molecule has 0 saturated carbocycles. The van der Waals surface area contributed by atoms with Crippen molar-refractivity contribution >= 4 is 11.0 Å². The van der Waals surface area contributed by atoms with Crippen LogP contribution in [-0.4, -0.2) is 19.6 Å². The van der Waals surface area contributed by atoms with E-state index in [1.165, 1.54) is 16.7 Å². The summed E-state index contributed by atoms with van der Waals surface area (Å²) >= 11 is 0. The molecule has 306 valence electrons. The molecule has 0 spiro atoms. The SMILES string of the molecule is Cc1ccc(-c2ccnc(-c3[c-]c(-c4cccc5c4nc(-c4cccc(C(C)(C)C)c4O)n5-c4ccc(C(C)(C)C)cc4-c4ccccc4)cc(C(C)(C)C)c3)c2)cc1.[Pt]. The van der Waals surface area contributed by atoms with Gasteiger partial charge in [0.2, 0.25) is 0 Å². The number of aryl methyl sites for hydroxylation is 1. The Morgan fingerprint density at radius 1 is 0.550 bits per heavy atom. The van der Waals surface area contributed by atoms with E-state index in [2.05, 4.69) is 195 Å². The molecule has 0 bridgehead atoms. The number of imidazole rings is 1. The molecule has 0 atom stereocenters. The number of hydrogen-bond acceptors (Lipinski definition) is 3. The maximum Gasteiger partial charge on any atom is 0.148 e. The molecule has 5 heteroatoms. The number of fused-ring (bicyclic) bond motifs is 1. The monoisotopic (exact) mass is 967 g/mol. The Labute approximate surface area is 370 Å². The summed E-state index contributed by atoms with van der Waals surface area (Å²) in [5.41, 5.74) is 15.6. The maximum absolute atomic E-state index is 12.1. The fourth-order valence-electron chi connectivity index (χ4n) is 7.91. The molecule has 2 aromatic heterocycles. The van der Waals surface area contributed by atoms with E-state index < -0.39 is 0 Å². The van der Waals surface area contributed by atoms with Gasteiger partial charge in [-0.2, -0.15) is 0 Å². The number of pyridine rings is 1. The average Bonchev–Trinajstić information content (AvgIpc) is 3.59. The number of rotatable bonds is 6. The van der Waals surface area contributed by atoms with Gasteiger partial charge >= 0.3 is 0 Å². The minimum atomic E-state index is -0.283. The van der Waals surface area contributed by atoms with E-state index in [0.717, 1.165) is 66.9 Å².